The van der Waals surface area contributed by atoms with Gasteiger partial charge in [-0.2, -0.15) is 5.26 Å². The molecule has 2 atom stereocenters. The molecule has 3 heteroatoms. The Hall–Kier alpha value is -1.37. The lowest BCUT2D eigenvalue weighted by Crippen LogP contribution is -2.46. The number of nitriles is 1. The van der Waals surface area contributed by atoms with Gasteiger partial charge in [0.05, 0.1) is 18.8 Å². The van der Waals surface area contributed by atoms with Gasteiger partial charge in [0.1, 0.15) is 5.54 Å². The molecule has 0 spiro atoms. The highest BCUT2D eigenvalue weighted by atomic mass is 16.5. The Morgan fingerprint density at radius 3 is 2.40 bits per heavy atom. The molecule has 0 bridgehead atoms. The van der Waals surface area contributed by atoms with Crippen molar-refractivity contribution in [2.45, 2.75) is 58.2 Å². The van der Waals surface area contributed by atoms with E-state index in [0.29, 0.717) is 13.0 Å². The van der Waals surface area contributed by atoms with E-state index in [4.69, 9.17) is 4.74 Å². The van der Waals surface area contributed by atoms with E-state index in [1.807, 2.05) is 30.3 Å². The second-order valence-electron chi connectivity index (χ2n) is 5.52. The summed E-state index contributed by atoms with van der Waals surface area (Å²) in [4.78, 5) is 0. The standard InChI is InChI=1S/C17H26N2O/c1-5-15(4)20-12-11-17(13-18,19-14(2)3)16-9-7-6-8-10-16/h6-10,14-15,19H,5,11-12H2,1-4H3. The molecule has 110 valence electrons. The Kier molecular flexibility index (Phi) is 6.70. The highest BCUT2D eigenvalue weighted by molar-refractivity contribution is 5.31. The molecule has 0 aliphatic rings. The third-order valence-electron chi connectivity index (χ3n) is 3.45. The fourth-order valence-corrected chi connectivity index (χ4v) is 2.20. The normalized spacial score (nSPS) is 15.6. The SMILES string of the molecule is CCC(C)OCCC(C#N)(NC(C)C)c1ccccc1. The topological polar surface area (TPSA) is 45.0 Å². The molecule has 2 unspecified atom stereocenters. The van der Waals surface area contributed by atoms with E-state index in [1.165, 1.54) is 0 Å². The summed E-state index contributed by atoms with van der Waals surface area (Å²) in [6.07, 6.45) is 1.87. The average Bonchev–Trinajstić information content (AvgIpc) is 2.46. The summed E-state index contributed by atoms with van der Waals surface area (Å²) in [6, 6.07) is 12.6. The van der Waals surface area contributed by atoms with E-state index in [1.54, 1.807) is 0 Å². The maximum Gasteiger partial charge on any atom is 0.134 e. The first-order valence-corrected chi connectivity index (χ1v) is 7.40. The molecule has 1 N–H and O–H groups in total. The van der Waals surface area contributed by atoms with E-state index < -0.39 is 5.54 Å². The van der Waals surface area contributed by atoms with E-state index in [9.17, 15) is 5.26 Å². The molecule has 0 radical (unpaired) electrons. The van der Waals surface area contributed by atoms with Crippen LogP contribution in [0.5, 0.6) is 0 Å². The van der Waals surface area contributed by atoms with Crippen molar-refractivity contribution in [1.29, 1.82) is 5.26 Å². The van der Waals surface area contributed by atoms with Gasteiger partial charge in [-0.05, 0) is 32.8 Å². The molecule has 3 nitrogen and oxygen atoms in total. The van der Waals surface area contributed by atoms with Crippen LogP contribution in [0.25, 0.3) is 0 Å². The molecule has 0 aliphatic carbocycles. The van der Waals surface area contributed by atoms with Crippen LogP contribution in [0.4, 0.5) is 0 Å². The van der Waals surface area contributed by atoms with Crippen molar-refractivity contribution in [1.82, 2.24) is 5.32 Å². The zero-order valence-corrected chi connectivity index (χ0v) is 13.0. The van der Waals surface area contributed by atoms with Crippen molar-refractivity contribution in [2.75, 3.05) is 6.61 Å². The molecule has 0 fully saturated rings. The minimum absolute atomic E-state index is 0.235. The number of hydrogen-bond acceptors (Lipinski definition) is 3. The number of nitrogens with zero attached hydrogens (tertiary/aromatic N) is 1. The Bertz CT molecular complexity index is 424. The van der Waals surface area contributed by atoms with Crippen LogP contribution in [0.15, 0.2) is 30.3 Å². The highest BCUT2D eigenvalue weighted by Crippen LogP contribution is 2.25. The third-order valence-corrected chi connectivity index (χ3v) is 3.45. The minimum Gasteiger partial charge on any atom is -0.378 e. The van der Waals surface area contributed by atoms with Crippen LogP contribution in [-0.2, 0) is 10.3 Å². The van der Waals surface area contributed by atoms with Gasteiger partial charge in [0, 0.05) is 12.5 Å². The average molecular weight is 274 g/mol. The molecule has 1 aromatic rings. The lowest BCUT2D eigenvalue weighted by molar-refractivity contribution is 0.0510. The Morgan fingerprint density at radius 2 is 1.90 bits per heavy atom. The van der Waals surface area contributed by atoms with E-state index in [-0.39, 0.29) is 12.1 Å². The zero-order valence-electron chi connectivity index (χ0n) is 13.0. The number of hydrogen-bond donors (Lipinski definition) is 1. The van der Waals surface area contributed by atoms with Crippen LogP contribution in [0.3, 0.4) is 0 Å². The quantitative estimate of drug-likeness (QED) is 0.787. The molecule has 0 amide bonds. The van der Waals surface area contributed by atoms with E-state index in [2.05, 4.69) is 39.1 Å². The lowest BCUT2D eigenvalue weighted by atomic mass is 9.87. The minimum atomic E-state index is -0.678. The molecular formula is C17H26N2O. The van der Waals surface area contributed by atoms with Gasteiger partial charge < -0.3 is 4.74 Å². The highest BCUT2D eigenvalue weighted by Gasteiger charge is 2.32. The van der Waals surface area contributed by atoms with Gasteiger partial charge >= 0.3 is 0 Å². The first-order chi connectivity index (χ1) is 9.54. The predicted octanol–water partition coefficient (Wildman–Crippen LogP) is 3.61. The van der Waals surface area contributed by atoms with Gasteiger partial charge in [0.15, 0.2) is 0 Å². The molecule has 0 aromatic heterocycles. The number of benzene rings is 1. The van der Waals surface area contributed by atoms with Crippen LogP contribution >= 0.6 is 0 Å². The van der Waals surface area contributed by atoms with Crippen LogP contribution in [-0.4, -0.2) is 18.8 Å². The first kappa shape index (κ1) is 16.7. The number of nitrogens with one attached hydrogen (secondary N) is 1. The Balaban J connectivity index is 2.87. The summed E-state index contributed by atoms with van der Waals surface area (Å²) in [5, 5.41) is 13.1. The summed E-state index contributed by atoms with van der Waals surface area (Å²) in [5.74, 6) is 0. The van der Waals surface area contributed by atoms with Crippen LogP contribution in [0.2, 0.25) is 0 Å². The van der Waals surface area contributed by atoms with Gasteiger partial charge in [0.2, 0.25) is 0 Å². The third kappa shape index (κ3) is 4.63. The fraction of sp³-hybridized carbons (Fsp3) is 0.588. The van der Waals surface area contributed by atoms with Crippen LogP contribution < -0.4 is 5.32 Å². The van der Waals surface area contributed by atoms with Crippen molar-refractivity contribution in [3.05, 3.63) is 35.9 Å². The van der Waals surface area contributed by atoms with Gasteiger partial charge in [-0.15, -0.1) is 0 Å². The van der Waals surface area contributed by atoms with Gasteiger partial charge in [-0.3, -0.25) is 5.32 Å². The van der Waals surface area contributed by atoms with Crippen molar-refractivity contribution in [2.24, 2.45) is 0 Å². The Labute approximate surface area is 123 Å². The maximum absolute atomic E-state index is 9.73. The fourth-order valence-electron chi connectivity index (χ4n) is 2.20. The molecular weight excluding hydrogens is 248 g/mol. The van der Waals surface area contributed by atoms with Gasteiger partial charge in [0.25, 0.3) is 0 Å². The van der Waals surface area contributed by atoms with Crippen molar-refractivity contribution >= 4 is 0 Å². The van der Waals surface area contributed by atoms with E-state index >= 15 is 0 Å². The second-order valence-corrected chi connectivity index (χ2v) is 5.52. The van der Waals surface area contributed by atoms with Crippen LogP contribution in [0, 0.1) is 11.3 Å². The molecule has 20 heavy (non-hydrogen) atoms. The summed E-state index contributed by atoms with van der Waals surface area (Å²) in [7, 11) is 0. The van der Waals surface area contributed by atoms with Crippen LogP contribution in [0.1, 0.15) is 46.1 Å². The summed E-state index contributed by atoms with van der Waals surface area (Å²) < 4.78 is 5.76. The molecule has 0 aliphatic heterocycles. The number of rotatable bonds is 8. The molecule has 0 heterocycles. The first-order valence-electron chi connectivity index (χ1n) is 7.40. The van der Waals surface area contributed by atoms with Crippen molar-refractivity contribution < 1.29 is 4.74 Å². The van der Waals surface area contributed by atoms with Crippen molar-refractivity contribution in [3.8, 4) is 6.07 Å². The summed E-state index contributed by atoms with van der Waals surface area (Å²) in [6.45, 7) is 8.87. The van der Waals surface area contributed by atoms with Gasteiger partial charge in [-0.25, -0.2) is 0 Å². The largest absolute Gasteiger partial charge is 0.378 e. The summed E-state index contributed by atoms with van der Waals surface area (Å²) in [5.41, 5.74) is 0.326. The molecule has 1 aromatic carbocycles. The molecule has 0 saturated carbocycles. The second kappa shape index (κ2) is 8.04. The monoisotopic (exact) mass is 274 g/mol. The smallest absolute Gasteiger partial charge is 0.134 e. The molecule has 1 rings (SSSR count). The maximum atomic E-state index is 9.73. The van der Waals surface area contributed by atoms with E-state index in [0.717, 1.165) is 12.0 Å². The number of ether oxygens (including phenoxy) is 1. The van der Waals surface area contributed by atoms with Gasteiger partial charge in [-0.1, -0.05) is 37.3 Å². The predicted molar refractivity (Wildman–Crippen MR) is 82.3 cm³/mol. The lowest BCUT2D eigenvalue weighted by Gasteiger charge is -2.31. The van der Waals surface area contributed by atoms with Crippen molar-refractivity contribution in [3.63, 3.8) is 0 Å². The molecule has 0 saturated heterocycles. The Morgan fingerprint density at radius 1 is 1.25 bits per heavy atom. The zero-order chi connectivity index (χ0) is 15.0. The summed E-state index contributed by atoms with van der Waals surface area (Å²) >= 11 is 0.